The molecule has 0 aliphatic rings. The first-order valence-electron chi connectivity index (χ1n) is 8.61. The lowest BCUT2D eigenvalue weighted by atomic mass is 10.1. The standard InChI is InChI=1S/C20H23N3O3/c1-25-17-10-5-7-14(20(17)26-2)13-21-19(24)12-6-11-18-22-15-8-3-4-9-16(15)23-18/h3-5,7-10H,6,11-13H2,1-2H3,(H,21,24)(H,22,23). The van der Waals surface area contributed by atoms with E-state index >= 15 is 0 Å². The molecule has 3 aromatic rings. The normalized spacial score (nSPS) is 10.7. The van der Waals surface area contributed by atoms with Crippen LogP contribution in [0.4, 0.5) is 0 Å². The quantitative estimate of drug-likeness (QED) is 0.652. The molecule has 136 valence electrons. The summed E-state index contributed by atoms with van der Waals surface area (Å²) < 4.78 is 10.7. The second-order valence-corrected chi connectivity index (χ2v) is 5.98. The third-order valence-electron chi connectivity index (χ3n) is 4.22. The Hall–Kier alpha value is -3.02. The van der Waals surface area contributed by atoms with Gasteiger partial charge in [0.2, 0.25) is 5.91 Å². The highest BCUT2D eigenvalue weighted by Crippen LogP contribution is 2.30. The van der Waals surface area contributed by atoms with E-state index in [9.17, 15) is 4.79 Å². The summed E-state index contributed by atoms with van der Waals surface area (Å²) in [7, 11) is 3.19. The Morgan fingerprint density at radius 1 is 1.12 bits per heavy atom. The fourth-order valence-electron chi connectivity index (χ4n) is 2.92. The summed E-state index contributed by atoms with van der Waals surface area (Å²) in [5, 5.41) is 2.93. The largest absolute Gasteiger partial charge is 0.493 e. The molecule has 0 saturated heterocycles. The Bertz CT molecular complexity index is 856. The zero-order valence-corrected chi connectivity index (χ0v) is 15.0. The number of hydrogen-bond acceptors (Lipinski definition) is 4. The molecule has 26 heavy (non-hydrogen) atoms. The molecule has 3 rings (SSSR count). The lowest BCUT2D eigenvalue weighted by Crippen LogP contribution is -2.22. The molecule has 0 saturated carbocycles. The van der Waals surface area contributed by atoms with Crippen LogP contribution in [-0.4, -0.2) is 30.1 Å². The van der Waals surface area contributed by atoms with Gasteiger partial charge < -0.3 is 19.8 Å². The number of nitrogens with zero attached hydrogens (tertiary/aromatic N) is 1. The Balaban J connectivity index is 1.49. The van der Waals surface area contributed by atoms with E-state index in [1.807, 2.05) is 42.5 Å². The van der Waals surface area contributed by atoms with Gasteiger partial charge in [-0.2, -0.15) is 0 Å². The Morgan fingerprint density at radius 3 is 2.73 bits per heavy atom. The first kappa shape index (κ1) is 17.8. The van der Waals surface area contributed by atoms with Crippen molar-refractivity contribution in [3.8, 4) is 11.5 Å². The summed E-state index contributed by atoms with van der Waals surface area (Å²) in [5.41, 5.74) is 2.87. The number of carbonyl (C=O) groups excluding carboxylic acids is 1. The van der Waals surface area contributed by atoms with Gasteiger partial charge in [-0.3, -0.25) is 4.79 Å². The number of amides is 1. The van der Waals surface area contributed by atoms with Crippen molar-refractivity contribution < 1.29 is 14.3 Å². The van der Waals surface area contributed by atoms with Crippen LogP contribution in [0.5, 0.6) is 11.5 Å². The van der Waals surface area contributed by atoms with Crippen molar-refractivity contribution >= 4 is 16.9 Å². The number of benzene rings is 2. The summed E-state index contributed by atoms with van der Waals surface area (Å²) in [6.07, 6.45) is 1.93. The van der Waals surface area contributed by atoms with Crippen LogP contribution in [0.25, 0.3) is 11.0 Å². The summed E-state index contributed by atoms with van der Waals surface area (Å²) in [4.78, 5) is 19.9. The number of hydrogen-bond donors (Lipinski definition) is 2. The van der Waals surface area contributed by atoms with Crippen LogP contribution in [0.2, 0.25) is 0 Å². The summed E-state index contributed by atoms with van der Waals surface area (Å²) in [6, 6.07) is 13.5. The number of aromatic nitrogens is 2. The second-order valence-electron chi connectivity index (χ2n) is 5.98. The third kappa shape index (κ3) is 4.14. The number of ether oxygens (including phenoxy) is 2. The average molecular weight is 353 g/mol. The van der Waals surface area contributed by atoms with Crippen molar-refractivity contribution in [2.45, 2.75) is 25.8 Å². The van der Waals surface area contributed by atoms with Gasteiger partial charge in [0.25, 0.3) is 0 Å². The zero-order chi connectivity index (χ0) is 18.4. The molecule has 1 amide bonds. The molecule has 0 spiro atoms. The monoisotopic (exact) mass is 353 g/mol. The van der Waals surface area contributed by atoms with Gasteiger partial charge in [-0.15, -0.1) is 0 Å². The lowest BCUT2D eigenvalue weighted by Gasteiger charge is -2.13. The van der Waals surface area contributed by atoms with Gasteiger partial charge in [0.15, 0.2) is 11.5 Å². The number of H-pyrrole nitrogens is 1. The average Bonchev–Trinajstić information content (AvgIpc) is 3.08. The fourth-order valence-corrected chi connectivity index (χ4v) is 2.92. The van der Waals surface area contributed by atoms with E-state index in [4.69, 9.17) is 9.47 Å². The van der Waals surface area contributed by atoms with Gasteiger partial charge in [0.1, 0.15) is 5.82 Å². The van der Waals surface area contributed by atoms with E-state index in [1.54, 1.807) is 14.2 Å². The minimum Gasteiger partial charge on any atom is -0.493 e. The first-order valence-corrected chi connectivity index (χ1v) is 8.61. The predicted molar refractivity (Wildman–Crippen MR) is 100 cm³/mol. The van der Waals surface area contributed by atoms with E-state index < -0.39 is 0 Å². The van der Waals surface area contributed by atoms with Crippen molar-refractivity contribution in [1.82, 2.24) is 15.3 Å². The van der Waals surface area contributed by atoms with Gasteiger partial charge in [-0.1, -0.05) is 24.3 Å². The molecule has 0 aliphatic heterocycles. The molecular formula is C20H23N3O3. The molecule has 1 aromatic heterocycles. The number of aromatic amines is 1. The lowest BCUT2D eigenvalue weighted by molar-refractivity contribution is -0.121. The highest BCUT2D eigenvalue weighted by atomic mass is 16.5. The molecule has 0 atom stereocenters. The second kappa shape index (κ2) is 8.38. The smallest absolute Gasteiger partial charge is 0.220 e. The SMILES string of the molecule is COc1cccc(CNC(=O)CCCc2nc3ccccc3[nH]2)c1OC. The minimum atomic E-state index is 0.00554. The summed E-state index contributed by atoms with van der Waals surface area (Å²) >= 11 is 0. The van der Waals surface area contributed by atoms with Crippen molar-refractivity contribution in [1.29, 1.82) is 0 Å². The molecule has 1 heterocycles. The van der Waals surface area contributed by atoms with Crippen molar-refractivity contribution in [2.75, 3.05) is 14.2 Å². The number of fused-ring (bicyclic) bond motifs is 1. The van der Waals surface area contributed by atoms with Crippen LogP contribution < -0.4 is 14.8 Å². The molecule has 2 aromatic carbocycles. The van der Waals surface area contributed by atoms with Crippen LogP contribution in [0.1, 0.15) is 24.2 Å². The maximum absolute atomic E-state index is 12.1. The minimum absolute atomic E-state index is 0.00554. The summed E-state index contributed by atoms with van der Waals surface area (Å²) in [6.45, 7) is 0.407. The molecule has 0 fully saturated rings. The number of rotatable bonds is 8. The number of nitrogens with one attached hydrogen (secondary N) is 2. The van der Waals surface area contributed by atoms with Crippen molar-refractivity contribution in [2.24, 2.45) is 0 Å². The van der Waals surface area contributed by atoms with Crippen molar-refractivity contribution in [3.05, 3.63) is 53.9 Å². The highest BCUT2D eigenvalue weighted by Gasteiger charge is 2.11. The Labute approximate surface area is 152 Å². The molecule has 2 N–H and O–H groups in total. The molecular weight excluding hydrogens is 330 g/mol. The van der Waals surface area contributed by atoms with Gasteiger partial charge >= 0.3 is 0 Å². The molecule has 0 bridgehead atoms. The van der Waals surface area contributed by atoms with Crippen LogP contribution >= 0.6 is 0 Å². The topological polar surface area (TPSA) is 76.2 Å². The van der Waals surface area contributed by atoms with Gasteiger partial charge in [0, 0.05) is 24.9 Å². The van der Waals surface area contributed by atoms with Crippen LogP contribution in [0.15, 0.2) is 42.5 Å². The van der Waals surface area contributed by atoms with Gasteiger partial charge in [-0.05, 0) is 24.6 Å². The molecule has 6 nitrogen and oxygen atoms in total. The molecule has 6 heteroatoms. The third-order valence-corrected chi connectivity index (χ3v) is 4.22. The number of carbonyl (C=O) groups is 1. The van der Waals surface area contributed by atoms with Crippen LogP contribution in [0, 0.1) is 0 Å². The van der Waals surface area contributed by atoms with E-state index in [0.29, 0.717) is 24.5 Å². The molecule has 0 aliphatic carbocycles. The fraction of sp³-hybridized carbons (Fsp3) is 0.300. The summed E-state index contributed by atoms with van der Waals surface area (Å²) in [5.74, 6) is 2.22. The van der Waals surface area contributed by atoms with Gasteiger partial charge in [-0.25, -0.2) is 4.98 Å². The van der Waals surface area contributed by atoms with Gasteiger partial charge in [0.05, 0.1) is 25.3 Å². The van der Waals surface area contributed by atoms with E-state index in [1.165, 1.54) is 0 Å². The van der Waals surface area contributed by atoms with Crippen LogP contribution in [-0.2, 0) is 17.8 Å². The number of imidazole rings is 1. The maximum Gasteiger partial charge on any atom is 0.220 e. The molecule has 0 unspecified atom stereocenters. The Kier molecular flexibility index (Phi) is 5.73. The van der Waals surface area contributed by atoms with E-state index in [0.717, 1.165) is 35.3 Å². The maximum atomic E-state index is 12.1. The number of para-hydroxylation sites is 3. The number of aryl methyl sites for hydroxylation is 1. The highest BCUT2D eigenvalue weighted by molar-refractivity contribution is 5.76. The molecule has 0 radical (unpaired) electrons. The van der Waals surface area contributed by atoms with Crippen LogP contribution in [0.3, 0.4) is 0 Å². The zero-order valence-electron chi connectivity index (χ0n) is 15.0. The Morgan fingerprint density at radius 2 is 1.96 bits per heavy atom. The first-order chi connectivity index (χ1) is 12.7. The predicted octanol–water partition coefficient (Wildman–Crippen LogP) is 3.22. The van der Waals surface area contributed by atoms with E-state index in [2.05, 4.69) is 15.3 Å². The van der Waals surface area contributed by atoms with E-state index in [-0.39, 0.29) is 5.91 Å². The van der Waals surface area contributed by atoms with Crippen molar-refractivity contribution in [3.63, 3.8) is 0 Å². The number of methoxy groups -OCH3 is 2.